The minimum Gasteiger partial charge on any atom is -0.305 e. The lowest BCUT2D eigenvalue weighted by Gasteiger charge is -2.27. The van der Waals surface area contributed by atoms with Crippen LogP contribution in [0.1, 0.15) is 36.6 Å². The lowest BCUT2D eigenvalue weighted by Crippen LogP contribution is -2.35. The molecule has 0 spiro atoms. The van der Waals surface area contributed by atoms with Crippen molar-refractivity contribution in [1.29, 1.82) is 0 Å². The molecule has 1 aliphatic rings. The van der Waals surface area contributed by atoms with Gasteiger partial charge in [0.15, 0.2) is 11.6 Å². The predicted molar refractivity (Wildman–Crippen MR) is 130 cm³/mol. The summed E-state index contributed by atoms with van der Waals surface area (Å²) in [7, 11) is -3.28. The smallest absolute Gasteiger partial charge is 0.305 e. The number of urea groups is 1. The summed E-state index contributed by atoms with van der Waals surface area (Å²) in [4.78, 5) is 12.6. The molecular formula is C24H27F2N5O3S. The molecule has 0 aliphatic carbocycles. The minimum atomic E-state index is -3.28. The summed E-state index contributed by atoms with van der Waals surface area (Å²) in [5.74, 6) is -1.82. The Morgan fingerprint density at radius 3 is 2.66 bits per heavy atom. The maximum absolute atomic E-state index is 14.0. The number of rotatable bonds is 7. The van der Waals surface area contributed by atoms with Crippen molar-refractivity contribution < 1.29 is 22.0 Å². The maximum Gasteiger partial charge on any atom is 0.324 e. The molecule has 186 valence electrons. The Morgan fingerprint density at radius 2 is 1.91 bits per heavy atom. The number of amides is 2. The summed E-state index contributed by atoms with van der Waals surface area (Å²) in [5, 5.41) is 9.66. The molecule has 0 atom stereocenters. The Kier molecular flexibility index (Phi) is 7.18. The van der Waals surface area contributed by atoms with Gasteiger partial charge in [0, 0.05) is 19.2 Å². The number of carbonyl (C=O) groups excluding carboxylic acids is 1. The first-order valence-electron chi connectivity index (χ1n) is 11.3. The number of carbonyl (C=O) groups is 1. The molecule has 1 aromatic heterocycles. The molecule has 2 amide bonds. The highest BCUT2D eigenvalue weighted by Gasteiger charge is 2.24. The third-order valence-corrected chi connectivity index (χ3v) is 7.12. The zero-order chi connectivity index (χ0) is 25.2. The number of aryl methyl sites for hydroxylation is 1. The van der Waals surface area contributed by atoms with Crippen LogP contribution in [0.2, 0.25) is 0 Å². The molecule has 0 unspecified atom stereocenters. The first-order chi connectivity index (χ1) is 16.7. The Balaban J connectivity index is 1.61. The van der Waals surface area contributed by atoms with Crippen LogP contribution in [0, 0.1) is 11.6 Å². The van der Waals surface area contributed by atoms with Gasteiger partial charge in [0.25, 0.3) is 0 Å². The average molecular weight is 504 g/mol. The van der Waals surface area contributed by atoms with Gasteiger partial charge in [-0.2, -0.15) is 9.40 Å². The number of fused-ring (bicyclic) bond motifs is 1. The molecule has 8 nitrogen and oxygen atoms in total. The van der Waals surface area contributed by atoms with Gasteiger partial charge in [-0.15, -0.1) is 0 Å². The molecule has 0 radical (unpaired) electrons. The van der Waals surface area contributed by atoms with E-state index in [-0.39, 0.29) is 5.69 Å². The van der Waals surface area contributed by atoms with Gasteiger partial charge in [-0.3, -0.25) is 5.32 Å². The van der Waals surface area contributed by atoms with Gasteiger partial charge in [-0.05, 0) is 54.7 Å². The van der Waals surface area contributed by atoms with Gasteiger partial charge in [-0.1, -0.05) is 25.5 Å². The molecule has 2 N–H and O–H groups in total. The third kappa shape index (κ3) is 5.68. The standard InChI is InChI=1S/C24H27F2N5O3S/c1-3-4-6-18-14-22(28-24(32)27-21-8-5-7-20(25)23(21)26)31(29-18)19-10-9-17-15-30(35(2,33)34)12-11-16(17)13-19/h5,7-10,13-14H,3-4,6,11-12,15H2,1-2H3,(H2,27,28,32). The zero-order valence-corrected chi connectivity index (χ0v) is 20.3. The summed E-state index contributed by atoms with van der Waals surface area (Å²) >= 11 is 0. The second kappa shape index (κ2) is 10.1. The molecule has 2 aromatic carbocycles. The fraction of sp³-hybridized carbons (Fsp3) is 0.333. The van der Waals surface area contributed by atoms with Crippen LogP contribution < -0.4 is 10.6 Å². The van der Waals surface area contributed by atoms with Crippen LogP contribution in [0.5, 0.6) is 0 Å². The van der Waals surface area contributed by atoms with Crippen molar-refractivity contribution in [2.75, 3.05) is 23.4 Å². The number of nitrogens with zero attached hydrogens (tertiary/aromatic N) is 3. The highest BCUT2D eigenvalue weighted by molar-refractivity contribution is 7.88. The Labute approximate surface area is 203 Å². The molecule has 11 heteroatoms. The van der Waals surface area contributed by atoms with Gasteiger partial charge in [0.1, 0.15) is 5.82 Å². The molecular weight excluding hydrogens is 476 g/mol. The first kappa shape index (κ1) is 24.8. The van der Waals surface area contributed by atoms with Crippen molar-refractivity contribution >= 4 is 27.6 Å². The minimum absolute atomic E-state index is 0.274. The van der Waals surface area contributed by atoms with Crippen molar-refractivity contribution in [2.45, 2.75) is 39.2 Å². The summed E-state index contributed by atoms with van der Waals surface area (Å²) in [6.45, 7) is 2.77. The number of anilines is 2. The molecule has 2 heterocycles. The van der Waals surface area contributed by atoms with Crippen LogP contribution in [0.25, 0.3) is 5.69 Å². The number of sulfonamides is 1. The Hall–Kier alpha value is -3.31. The van der Waals surface area contributed by atoms with Crippen LogP contribution in [0.15, 0.2) is 42.5 Å². The van der Waals surface area contributed by atoms with E-state index in [0.717, 1.165) is 35.7 Å². The quantitative estimate of drug-likeness (QED) is 0.498. The lowest BCUT2D eigenvalue weighted by atomic mass is 10.0. The van der Waals surface area contributed by atoms with E-state index in [0.29, 0.717) is 37.4 Å². The van der Waals surface area contributed by atoms with E-state index < -0.39 is 27.7 Å². The number of hydrogen-bond acceptors (Lipinski definition) is 4. The van der Waals surface area contributed by atoms with Gasteiger partial charge < -0.3 is 5.32 Å². The molecule has 0 fully saturated rings. The lowest BCUT2D eigenvalue weighted by molar-refractivity contribution is 0.262. The highest BCUT2D eigenvalue weighted by atomic mass is 32.2. The van der Waals surface area contributed by atoms with E-state index in [1.807, 2.05) is 18.2 Å². The van der Waals surface area contributed by atoms with Crippen LogP contribution in [-0.4, -0.2) is 41.3 Å². The number of nitrogens with one attached hydrogen (secondary N) is 2. The SMILES string of the molecule is CCCCc1cc(NC(=O)Nc2cccc(F)c2F)n(-c2ccc3c(c2)CCN(S(C)(=O)=O)C3)n1. The number of hydrogen-bond donors (Lipinski definition) is 2. The second-order valence-corrected chi connectivity index (χ2v) is 10.5. The number of halogens is 2. The topological polar surface area (TPSA) is 96.3 Å². The molecule has 35 heavy (non-hydrogen) atoms. The molecule has 0 saturated heterocycles. The third-order valence-electron chi connectivity index (χ3n) is 5.87. The molecule has 3 aromatic rings. The van der Waals surface area contributed by atoms with Gasteiger partial charge in [0.2, 0.25) is 10.0 Å². The molecule has 0 saturated carbocycles. The van der Waals surface area contributed by atoms with Crippen molar-refractivity contribution in [1.82, 2.24) is 14.1 Å². The Morgan fingerprint density at radius 1 is 1.11 bits per heavy atom. The largest absolute Gasteiger partial charge is 0.324 e. The summed E-state index contributed by atoms with van der Waals surface area (Å²) in [5.41, 5.74) is 3.12. The van der Waals surface area contributed by atoms with Crippen LogP contribution in [0.4, 0.5) is 25.1 Å². The maximum atomic E-state index is 14.0. The number of benzene rings is 2. The van der Waals surface area contributed by atoms with E-state index in [1.54, 1.807) is 10.7 Å². The summed E-state index contributed by atoms with van der Waals surface area (Å²) in [6.07, 6.45) is 4.37. The van der Waals surface area contributed by atoms with Crippen LogP contribution in [0.3, 0.4) is 0 Å². The monoisotopic (exact) mass is 503 g/mol. The fourth-order valence-corrected chi connectivity index (χ4v) is 4.79. The summed E-state index contributed by atoms with van der Waals surface area (Å²) in [6, 6.07) is 10.2. The van der Waals surface area contributed by atoms with E-state index in [9.17, 15) is 22.0 Å². The molecule has 4 rings (SSSR count). The summed E-state index contributed by atoms with van der Waals surface area (Å²) < 4.78 is 54.3. The predicted octanol–water partition coefficient (Wildman–Crippen LogP) is 4.45. The zero-order valence-electron chi connectivity index (χ0n) is 19.5. The van der Waals surface area contributed by atoms with Gasteiger partial charge in [-0.25, -0.2) is 26.7 Å². The Bertz CT molecular complexity index is 1360. The van der Waals surface area contributed by atoms with Gasteiger partial charge >= 0.3 is 6.03 Å². The number of aromatic nitrogens is 2. The van der Waals surface area contributed by atoms with Crippen molar-refractivity contribution in [2.24, 2.45) is 0 Å². The van der Waals surface area contributed by atoms with Crippen LogP contribution >= 0.6 is 0 Å². The van der Waals surface area contributed by atoms with Crippen molar-refractivity contribution in [3.8, 4) is 5.69 Å². The van der Waals surface area contributed by atoms with Gasteiger partial charge in [0.05, 0.1) is 23.3 Å². The molecule has 0 bridgehead atoms. The van der Waals surface area contributed by atoms with E-state index >= 15 is 0 Å². The second-order valence-electron chi connectivity index (χ2n) is 8.52. The van der Waals surface area contributed by atoms with Crippen molar-refractivity contribution in [3.63, 3.8) is 0 Å². The van der Waals surface area contributed by atoms with Crippen LogP contribution in [-0.2, 0) is 29.4 Å². The normalized spacial score (nSPS) is 13.9. The average Bonchev–Trinajstić information content (AvgIpc) is 3.21. The molecule has 1 aliphatic heterocycles. The van der Waals surface area contributed by atoms with E-state index in [4.69, 9.17) is 0 Å². The van der Waals surface area contributed by atoms with E-state index in [1.165, 1.54) is 22.7 Å². The van der Waals surface area contributed by atoms with Crippen molar-refractivity contribution in [3.05, 3.63) is 70.9 Å². The first-order valence-corrected chi connectivity index (χ1v) is 13.2. The number of unbranched alkanes of at least 4 members (excludes halogenated alkanes) is 1. The highest BCUT2D eigenvalue weighted by Crippen LogP contribution is 2.26. The van der Waals surface area contributed by atoms with E-state index in [2.05, 4.69) is 22.7 Å². The fourth-order valence-electron chi connectivity index (χ4n) is 3.99.